The second-order valence-electron chi connectivity index (χ2n) is 6.65. The van der Waals surface area contributed by atoms with Gasteiger partial charge in [-0.25, -0.2) is 9.59 Å². The van der Waals surface area contributed by atoms with Gasteiger partial charge in [-0.05, 0) is 12.8 Å². The molecule has 14 heteroatoms. The molecule has 3 fully saturated rings. The molecule has 3 saturated heterocycles. The number of hydrogen-bond donors (Lipinski definition) is 5. The number of aliphatic imine (C=N–C) groups is 1. The molecule has 2 unspecified atom stereocenters. The van der Waals surface area contributed by atoms with Gasteiger partial charge in [-0.3, -0.25) is 24.5 Å². The van der Waals surface area contributed by atoms with E-state index < -0.39 is 51.3 Å². The number of carbonyl (C=O) groups excluding carboxylic acids is 3. The molecule has 0 aromatic rings. The molecule has 0 spiro atoms. The zero-order valence-corrected chi connectivity index (χ0v) is 16.0. The van der Waals surface area contributed by atoms with Crippen LogP contribution in [0.5, 0.6) is 0 Å². The topological polar surface area (TPSA) is 191 Å². The Morgan fingerprint density at radius 3 is 2.57 bits per heavy atom. The summed E-state index contributed by atoms with van der Waals surface area (Å²) in [5.41, 5.74) is -0.898. The Balaban J connectivity index is 1.78. The van der Waals surface area contributed by atoms with Crippen molar-refractivity contribution in [2.24, 2.45) is 4.99 Å². The molecule has 0 aromatic heterocycles. The molecule has 0 aliphatic carbocycles. The van der Waals surface area contributed by atoms with Crippen molar-refractivity contribution in [3.8, 4) is 0 Å². The van der Waals surface area contributed by atoms with Gasteiger partial charge in [0.25, 0.3) is 16.0 Å². The van der Waals surface area contributed by atoms with Crippen LogP contribution in [0, 0.1) is 0 Å². The number of nitrogens with zero attached hydrogens (tertiary/aromatic N) is 1. The SMILES string of the molecule is O=C1CC(N=C(C(=O)O)C(CC[C@@H]2SC[C@@H]3NC(=O)N[C@@H]32)S(=O)(=O)O)C(=O)N1. The predicted octanol–water partition coefficient (Wildman–Crippen LogP) is -1.87. The third kappa shape index (κ3) is 4.28. The standard InChI is InChI=1S/C14H18N4O8S2/c19-9-3-5(12(20)17-9)15-11(13(21)22)8(28(24,25)26)2-1-7-10-6(4-27-7)16-14(23)18-10/h5-8,10H,1-4H2,(H,21,22)(H2,16,18,23)(H,17,19,20)(H,24,25,26)/t5?,6-,7-,8?,10-/m0/s1. The van der Waals surface area contributed by atoms with Crippen molar-refractivity contribution in [3.05, 3.63) is 0 Å². The highest BCUT2D eigenvalue weighted by Crippen LogP contribution is 2.33. The summed E-state index contributed by atoms with van der Waals surface area (Å²) in [6.07, 6.45) is -0.489. The monoisotopic (exact) mass is 434 g/mol. The molecule has 12 nitrogen and oxygen atoms in total. The average Bonchev–Trinajstić information content (AvgIpc) is 3.20. The molecule has 0 saturated carbocycles. The molecule has 5 atom stereocenters. The molecule has 3 aliphatic heterocycles. The fourth-order valence-corrected chi connectivity index (χ4v) is 5.86. The summed E-state index contributed by atoms with van der Waals surface area (Å²) in [6, 6.07) is -2.02. The summed E-state index contributed by atoms with van der Waals surface area (Å²) < 4.78 is 33.2. The fraction of sp³-hybridized carbons (Fsp3) is 0.643. The minimum atomic E-state index is -4.85. The van der Waals surface area contributed by atoms with E-state index in [1.54, 1.807) is 0 Å². The molecule has 3 rings (SSSR count). The van der Waals surface area contributed by atoms with Gasteiger partial charge >= 0.3 is 12.0 Å². The summed E-state index contributed by atoms with van der Waals surface area (Å²) in [5.74, 6) is -2.56. The summed E-state index contributed by atoms with van der Waals surface area (Å²) in [7, 11) is -4.85. The van der Waals surface area contributed by atoms with E-state index in [1.165, 1.54) is 11.8 Å². The van der Waals surface area contributed by atoms with Gasteiger partial charge in [0.15, 0.2) is 0 Å². The number of amides is 4. The van der Waals surface area contributed by atoms with Crippen LogP contribution in [0.25, 0.3) is 0 Å². The molecule has 0 bridgehead atoms. The number of rotatable bonds is 7. The Bertz CT molecular complexity index is 857. The highest BCUT2D eigenvalue weighted by atomic mass is 32.2. The van der Waals surface area contributed by atoms with Crippen LogP contribution in [0.1, 0.15) is 19.3 Å². The molecule has 0 radical (unpaired) electrons. The van der Waals surface area contributed by atoms with Crippen LogP contribution in [0.2, 0.25) is 0 Å². The first-order chi connectivity index (χ1) is 13.1. The summed E-state index contributed by atoms with van der Waals surface area (Å²) in [4.78, 5) is 49.6. The second kappa shape index (κ2) is 7.67. The lowest BCUT2D eigenvalue weighted by Crippen LogP contribution is -2.40. The average molecular weight is 434 g/mol. The Kier molecular flexibility index (Phi) is 5.63. The third-order valence-electron chi connectivity index (χ3n) is 4.77. The van der Waals surface area contributed by atoms with Gasteiger partial charge in [0, 0.05) is 11.0 Å². The van der Waals surface area contributed by atoms with Crippen LogP contribution >= 0.6 is 11.8 Å². The van der Waals surface area contributed by atoms with Crippen LogP contribution in [0.4, 0.5) is 4.79 Å². The highest BCUT2D eigenvalue weighted by Gasteiger charge is 2.44. The van der Waals surface area contributed by atoms with Crippen molar-refractivity contribution in [1.29, 1.82) is 0 Å². The maximum atomic E-state index is 11.8. The Hall–Kier alpha value is -2.19. The number of carboxylic acid groups (broad SMARTS) is 1. The van der Waals surface area contributed by atoms with E-state index >= 15 is 0 Å². The first-order valence-electron chi connectivity index (χ1n) is 8.36. The lowest BCUT2D eigenvalue weighted by atomic mass is 10.0. The van der Waals surface area contributed by atoms with Crippen LogP contribution in [-0.2, 0) is 24.5 Å². The second-order valence-corrected chi connectivity index (χ2v) is 9.53. The lowest BCUT2D eigenvalue weighted by molar-refractivity contribution is -0.129. The van der Waals surface area contributed by atoms with Crippen LogP contribution in [0.3, 0.4) is 0 Å². The van der Waals surface area contributed by atoms with Crippen molar-refractivity contribution < 1.29 is 37.3 Å². The summed E-state index contributed by atoms with van der Waals surface area (Å²) in [6.45, 7) is 0. The van der Waals surface area contributed by atoms with Gasteiger partial charge in [0.1, 0.15) is 17.0 Å². The minimum Gasteiger partial charge on any atom is -0.477 e. The number of thioether (sulfide) groups is 1. The largest absolute Gasteiger partial charge is 0.477 e. The van der Waals surface area contributed by atoms with Gasteiger partial charge < -0.3 is 15.7 Å². The lowest BCUT2D eigenvalue weighted by Gasteiger charge is -2.20. The van der Waals surface area contributed by atoms with Gasteiger partial charge in [0.05, 0.1) is 18.5 Å². The summed E-state index contributed by atoms with van der Waals surface area (Å²) >= 11 is 1.49. The van der Waals surface area contributed by atoms with E-state index in [0.717, 1.165) is 0 Å². The van der Waals surface area contributed by atoms with Crippen molar-refractivity contribution >= 4 is 51.4 Å². The number of hydrogen-bond acceptors (Lipinski definition) is 8. The van der Waals surface area contributed by atoms with Crippen molar-refractivity contribution in [3.63, 3.8) is 0 Å². The third-order valence-corrected chi connectivity index (χ3v) is 7.46. The van der Waals surface area contributed by atoms with Crippen LogP contribution < -0.4 is 16.0 Å². The quantitative estimate of drug-likeness (QED) is 0.132. The number of carbonyl (C=O) groups is 4. The molecule has 28 heavy (non-hydrogen) atoms. The van der Waals surface area contributed by atoms with E-state index in [4.69, 9.17) is 0 Å². The number of fused-ring (bicyclic) bond motifs is 1. The van der Waals surface area contributed by atoms with E-state index in [2.05, 4.69) is 15.6 Å². The van der Waals surface area contributed by atoms with Crippen molar-refractivity contribution in [2.45, 2.75) is 47.9 Å². The number of nitrogens with one attached hydrogen (secondary N) is 3. The highest BCUT2D eigenvalue weighted by molar-refractivity contribution is 8.00. The molecular formula is C14H18N4O8S2. The zero-order valence-electron chi connectivity index (χ0n) is 14.3. The fourth-order valence-electron chi connectivity index (χ4n) is 3.47. The van der Waals surface area contributed by atoms with Gasteiger partial charge in [-0.1, -0.05) is 0 Å². The maximum Gasteiger partial charge on any atom is 0.351 e. The van der Waals surface area contributed by atoms with E-state index in [9.17, 15) is 37.3 Å². The van der Waals surface area contributed by atoms with E-state index in [0.29, 0.717) is 5.75 Å². The number of urea groups is 1. The molecular weight excluding hydrogens is 416 g/mol. The van der Waals surface area contributed by atoms with E-state index in [1.807, 2.05) is 5.32 Å². The van der Waals surface area contributed by atoms with Crippen molar-refractivity contribution in [2.75, 3.05) is 5.75 Å². The van der Waals surface area contributed by atoms with Gasteiger partial charge in [-0.15, -0.1) is 0 Å². The van der Waals surface area contributed by atoms with Crippen molar-refractivity contribution in [1.82, 2.24) is 16.0 Å². The maximum absolute atomic E-state index is 11.8. The normalized spacial score (nSPS) is 31.2. The first-order valence-corrected chi connectivity index (χ1v) is 10.9. The first kappa shape index (κ1) is 20.5. The number of carboxylic acids is 1. The smallest absolute Gasteiger partial charge is 0.351 e. The van der Waals surface area contributed by atoms with E-state index in [-0.39, 0.29) is 36.2 Å². The summed E-state index contributed by atoms with van der Waals surface area (Å²) in [5, 5.41) is 14.8. The molecule has 4 amide bonds. The van der Waals surface area contributed by atoms with Crippen LogP contribution in [0.15, 0.2) is 4.99 Å². The predicted molar refractivity (Wildman–Crippen MR) is 96.7 cm³/mol. The zero-order chi connectivity index (χ0) is 20.6. The van der Waals surface area contributed by atoms with Crippen LogP contribution in [-0.4, -0.2) is 82.0 Å². The number of aliphatic carboxylic acids is 1. The minimum absolute atomic E-state index is 0.104. The molecule has 0 aromatic carbocycles. The number of imide groups is 1. The molecule has 154 valence electrons. The molecule has 3 aliphatic rings. The Morgan fingerprint density at radius 1 is 1.29 bits per heavy atom. The molecule has 5 N–H and O–H groups in total. The Labute approximate surface area is 163 Å². The van der Waals surface area contributed by atoms with Gasteiger partial charge in [-0.2, -0.15) is 20.2 Å². The Morgan fingerprint density at radius 2 is 2.00 bits per heavy atom. The van der Waals surface area contributed by atoms with Gasteiger partial charge in [0.2, 0.25) is 5.91 Å². The molecule has 3 heterocycles.